The highest BCUT2D eigenvalue weighted by molar-refractivity contribution is 7.97. The lowest BCUT2D eigenvalue weighted by atomic mass is 9.96. The van der Waals surface area contributed by atoms with Gasteiger partial charge in [0.1, 0.15) is 17.2 Å². The molecule has 2 heterocycles. The molecule has 0 atom stereocenters. The van der Waals surface area contributed by atoms with E-state index in [4.69, 9.17) is 4.42 Å². The van der Waals surface area contributed by atoms with E-state index >= 15 is 0 Å². The van der Waals surface area contributed by atoms with Gasteiger partial charge >= 0.3 is 0 Å². The number of nitrogens with one attached hydrogen (secondary N) is 2. The number of carbonyl (C=O) groups excluding carboxylic acids is 2. The van der Waals surface area contributed by atoms with Crippen LogP contribution < -0.4 is 10.6 Å². The molecule has 5 rings (SSSR count). The molecule has 44 heavy (non-hydrogen) atoms. The van der Waals surface area contributed by atoms with Crippen LogP contribution in [-0.4, -0.2) is 34.6 Å². The summed E-state index contributed by atoms with van der Waals surface area (Å²) in [6.45, 7) is 13.7. The number of amides is 2. The lowest BCUT2D eigenvalue weighted by molar-refractivity contribution is 0.0918. The molecule has 0 bridgehead atoms. The molecular weight excluding hydrogens is 573 g/mol. The van der Waals surface area contributed by atoms with Gasteiger partial charge in [0, 0.05) is 46.3 Å². The van der Waals surface area contributed by atoms with Crippen LogP contribution in [0, 0.1) is 5.82 Å². The lowest BCUT2D eigenvalue weighted by Gasteiger charge is -2.20. The Morgan fingerprint density at radius 2 is 1.70 bits per heavy atom. The van der Waals surface area contributed by atoms with Gasteiger partial charge in [-0.25, -0.2) is 4.39 Å². The van der Waals surface area contributed by atoms with Gasteiger partial charge in [0.25, 0.3) is 11.8 Å². The molecule has 224 valence electrons. The maximum atomic E-state index is 13.9. The van der Waals surface area contributed by atoms with Crippen molar-refractivity contribution in [2.24, 2.45) is 0 Å². The van der Waals surface area contributed by atoms with Crippen molar-refractivity contribution in [1.82, 2.24) is 14.6 Å². The van der Waals surface area contributed by atoms with Crippen LogP contribution in [0.4, 0.5) is 4.39 Å². The second-order valence-electron chi connectivity index (χ2n) is 11.3. The van der Waals surface area contributed by atoms with Crippen molar-refractivity contribution in [3.63, 3.8) is 0 Å². The summed E-state index contributed by atoms with van der Waals surface area (Å²) in [4.78, 5) is 26.6. The second-order valence-corrected chi connectivity index (χ2v) is 12.0. The number of nitrogens with zero attached hydrogens (tertiary/aromatic N) is 1. The Morgan fingerprint density at radius 1 is 0.977 bits per heavy atom. The van der Waals surface area contributed by atoms with Crippen LogP contribution in [-0.2, 0) is 0 Å². The molecule has 2 N–H and O–H groups in total. The first-order valence-electron chi connectivity index (χ1n) is 14.1. The molecule has 0 fully saturated rings. The van der Waals surface area contributed by atoms with Gasteiger partial charge in [0.2, 0.25) is 0 Å². The summed E-state index contributed by atoms with van der Waals surface area (Å²) in [5.41, 5.74) is 5.66. The summed E-state index contributed by atoms with van der Waals surface area (Å²) in [5, 5.41) is 7.12. The van der Waals surface area contributed by atoms with Gasteiger partial charge in [-0.05, 0) is 92.4 Å². The topological polar surface area (TPSA) is 76.3 Å². The Morgan fingerprint density at radius 3 is 2.32 bits per heavy atom. The van der Waals surface area contributed by atoms with Crippen LogP contribution in [0.2, 0.25) is 0 Å². The average molecular weight is 608 g/mol. The molecule has 0 aliphatic rings. The Balaban J connectivity index is 1.92. The molecule has 8 heteroatoms. The normalized spacial score (nSPS) is 12.0. The van der Waals surface area contributed by atoms with Gasteiger partial charge in [-0.2, -0.15) is 0 Å². The molecule has 0 aliphatic heterocycles. The third-order valence-electron chi connectivity index (χ3n) is 7.17. The molecule has 0 unspecified atom stereocenters. The molecule has 0 aliphatic carbocycles. The molecule has 0 radical (unpaired) electrons. The summed E-state index contributed by atoms with van der Waals surface area (Å²) in [5.74, 6) is -0.581. The Bertz CT molecular complexity index is 1970. The first-order chi connectivity index (χ1) is 21.0. The molecule has 0 saturated carbocycles. The SMILES string of the molecule is C=C/C=C(\C=C)c1cc2c3oc(-c4ccc(F)cc4)c(C(=O)NC)c3cc(-c3cccc(C(=O)NC(C)(C)C)c3)c2n1SC. The number of halogens is 1. The van der Waals surface area contributed by atoms with Crippen LogP contribution >= 0.6 is 11.9 Å². The van der Waals surface area contributed by atoms with Gasteiger partial charge in [-0.3, -0.25) is 13.6 Å². The molecule has 0 saturated heterocycles. The molecule has 0 spiro atoms. The van der Waals surface area contributed by atoms with Gasteiger partial charge in [-0.1, -0.05) is 43.5 Å². The van der Waals surface area contributed by atoms with Crippen molar-refractivity contribution in [2.45, 2.75) is 26.3 Å². The summed E-state index contributed by atoms with van der Waals surface area (Å²) in [6.07, 6.45) is 7.32. The third-order valence-corrected chi connectivity index (χ3v) is 7.92. The van der Waals surface area contributed by atoms with Crippen LogP contribution in [0.25, 0.3) is 49.9 Å². The van der Waals surface area contributed by atoms with Crippen molar-refractivity contribution >= 4 is 51.2 Å². The van der Waals surface area contributed by atoms with E-state index in [0.717, 1.165) is 33.3 Å². The Hall–Kier alpha value is -4.82. The number of fused-ring (bicyclic) bond motifs is 3. The zero-order valence-electron chi connectivity index (χ0n) is 25.4. The first kappa shape index (κ1) is 30.6. The molecule has 3 aromatic carbocycles. The van der Waals surface area contributed by atoms with E-state index in [0.29, 0.717) is 33.4 Å². The number of carbonyl (C=O) groups is 2. The van der Waals surface area contributed by atoms with E-state index in [1.165, 1.54) is 24.1 Å². The zero-order chi connectivity index (χ0) is 31.8. The largest absolute Gasteiger partial charge is 0.454 e. The molecule has 5 aromatic rings. The predicted molar refractivity (Wildman–Crippen MR) is 180 cm³/mol. The van der Waals surface area contributed by atoms with E-state index in [1.54, 1.807) is 37.4 Å². The number of benzene rings is 3. The molecule has 6 nitrogen and oxygen atoms in total. The van der Waals surface area contributed by atoms with E-state index in [-0.39, 0.29) is 17.6 Å². The minimum Gasteiger partial charge on any atom is -0.454 e. The second kappa shape index (κ2) is 12.1. The Labute approximate surface area is 260 Å². The van der Waals surface area contributed by atoms with Crippen molar-refractivity contribution in [2.75, 3.05) is 13.3 Å². The highest BCUT2D eigenvalue weighted by Gasteiger charge is 2.27. The van der Waals surface area contributed by atoms with Crippen LogP contribution in [0.15, 0.2) is 96.5 Å². The average Bonchev–Trinajstić information content (AvgIpc) is 3.57. The van der Waals surface area contributed by atoms with Crippen molar-refractivity contribution in [3.8, 4) is 22.5 Å². The lowest BCUT2D eigenvalue weighted by Crippen LogP contribution is -2.40. The smallest absolute Gasteiger partial charge is 0.255 e. The highest BCUT2D eigenvalue weighted by Crippen LogP contribution is 2.45. The van der Waals surface area contributed by atoms with Crippen molar-refractivity contribution in [3.05, 3.63) is 115 Å². The van der Waals surface area contributed by atoms with E-state index in [1.807, 2.05) is 63.4 Å². The van der Waals surface area contributed by atoms with E-state index in [9.17, 15) is 14.0 Å². The van der Waals surface area contributed by atoms with E-state index < -0.39 is 5.54 Å². The molecule has 2 aromatic heterocycles. The first-order valence-corrected chi connectivity index (χ1v) is 15.2. The number of rotatable bonds is 8. The Kier molecular flexibility index (Phi) is 8.39. The quantitative estimate of drug-likeness (QED) is 0.173. The maximum Gasteiger partial charge on any atom is 0.255 e. The van der Waals surface area contributed by atoms with Crippen molar-refractivity contribution in [1.29, 1.82) is 0 Å². The minimum absolute atomic E-state index is 0.187. The predicted octanol–water partition coefficient (Wildman–Crippen LogP) is 8.63. The third kappa shape index (κ3) is 5.61. The van der Waals surface area contributed by atoms with Crippen LogP contribution in [0.5, 0.6) is 0 Å². The highest BCUT2D eigenvalue weighted by atomic mass is 32.2. The van der Waals surface area contributed by atoms with Gasteiger partial charge in [0.15, 0.2) is 0 Å². The van der Waals surface area contributed by atoms with Gasteiger partial charge in [-0.15, -0.1) is 0 Å². The van der Waals surface area contributed by atoms with Crippen molar-refractivity contribution < 1.29 is 18.4 Å². The summed E-state index contributed by atoms with van der Waals surface area (Å²) >= 11 is 1.51. The van der Waals surface area contributed by atoms with Gasteiger partial charge in [0.05, 0.1) is 16.8 Å². The number of furan rings is 1. The fourth-order valence-electron chi connectivity index (χ4n) is 5.31. The van der Waals surface area contributed by atoms with Crippen LogP contribution in [0.3, 0.4) is 0 Å². The standard InChI is InChI=1S/C36H34FN3O3S/c1-8-11-21(9-2)29-20-28-31(40(29)44-7)26(23-12-10-13-24(18-23)34(41)39-36(3,4)5)19-27-30(35(42)38-6)32(43-33(27)28)22-14-16-25(37)17-15-22/h8-20H,1-2H2,3-7H3,(H,38,42)(H,39,41)/b21-11+. The summed E-state index contributed by atoms with van der Waals surface area (Å²) < 4.78 is 22.5. The fraction of sp³-hybridized carbons (Fsp3) is 0.167. The zero-order valence-corrected chi connectivity index (χ0v) is 26.2. The van der Waals surface area contributed by atoms with E-state index in [2.05, 4.69) is 27.8 Å². The number of hydrogen-bond donors (Lipinski definition) is 2. The number of allylic oxidation sites excluding steroid dienone is 4. The summed E-state index contributed by atoms with van der Waals surface area (Å²) in [7, 11) is 1.56. The van der Waals surface area contributed by atoms with Crippen LogP contribution in [0.1, 0.15) is 47.2 Å². The number of hydrogen-bond acceptors (Lipinski definition) is 4. The molecule has 2 amide bonds. The monoisotopic (exact) mass is 607 g/mol. The summed E-state index contributed by atoms with van der Waals surface area (Å²) in [6, 6.07) is 17.2. The maximum absolute atomic E-state index is 13.9. The fourth-order valence-corrected chi connectivity index (χ4v) is 6.04. The number of aromatic nitrogens is 1. The van der Waals surface area contributed by atoms with Gasteiger partial charge < -0.3 is 15.1 Å². The molecular formula is C36H34FN3O3S. The minimum atomic E-state index is -0.406.